The Morgan fingerprint density at radius 2 is 1.88 bits per heavy atom. The van der Waals surface area contributed by atoms with Crippen LogP contribution in [-0.4, -0.2) is 29.9 Å². The van der Waals surface area contributed by atoms with Crippen molar-refractivity contribution >= 4 is 0 Å². The average molecular weight is 241 g/mol. The molecule has 3 nitrogen and oxygen atoms in total. The minimum Gasteiger partial charge on any atom is -0.396 e. The molecule has 2 atom stereocenters. The normalized spacial score (nSPS) is 14.6. The zero-order chi connectivity index (χ0) is 12.7. The Hall–Kier alpha value is -0.970. The summed E-state index contributed by atoms with van der Waals surface area (Å²) < 4.78 is 12.7. The number of nitrogens with one attached hydrogen (secondary N) is 1. The zero-order valence-corrected chi connectivity index (χ0v) is 10.1. The molecule has 1 rings (SSSR count). The molecule has 0 bridgehead atoms. The first-order chi connectivity index (χ1) is 8.13. The van der Waals surface area contributed by atoms with Crippen molar-refractivity contribution in [3.8, 4) is 0 Å². The van der Waals surface area contributed by atoms with E-state index < -0.39 is 6.10 Å². The maximum Gasteiger partial charge on any atom is 0.123 e. The molecule has 1 aromatic carbocycles. The van der Waals surface area contributed by atoms with Crippen LogP contribution in [0, 0.1) is 11.7 Å². The molecular weight excluding hydrogens is 221 g/mol. The van der Waals surface area contributed by atoms with Gasteiger partial charge >= 0.3 is 0 Å². The molecule has 0 aliphatic rings. The van der Waals surface area contributed by atoms with E-state index in [9.17, 15) is 9.50 Å². The van der Waals surface area contributed by atoms with Crippen LogP contribution in [0.3, 0.4) is 0 Å². The van der Waals surface area contributed by atoms with E-state index in [1.807, 2.05) is 6.92 Å². The molecule has 17 heavy (non-hydrogen) atoms. The first kappa shape index (κ1) is 14.1. The third-order valence-electron chi connectivity index (χ3n) is 2.71. The molecule has 0 spiro atoms. The van der Waals surface area contributed by atoms with Gasteiger partial charge in [0.15, 0.2) is 0 Å². The van der Waals surface area contributed by atoms with E-state index >= 15 is 0 Å². The van der Waals surface area contributed by atoms with Crippen LogP contribution in [0.25, 0.3) is 0 Å². The molecule has 0 aliphatic heterocycles. The van der Waals surface area contributed by atoms with Gasteiger partial charge in [0.25, 0.3) is 0 Å². The molecule has 0 radical (unpaired) electrons. The summed E-state index contributed by atoms with van der Waals surface area (Å²) in [7, 11) is 0. The van der Waals surface area contributed by atoms with Gasteiger partial charge in [0.1, 0.15) is 5.82 Å². The van der Waals surface area contributed by atoms with Gasteiger partial charge in [-0.1, -0.05) is 19.1 Å². The van der Waals surface area contributed by atoms with Crippen LogP contribution in [0.2, 0.25) is 0 Å². The summed E-state index contributed by atoms with van der Waals surface area (Å²) in [4.78, 5) is 0. The van der Waals surface area contributed by atoms with E-state index in [0.717, 1.165) is 13.0 Å². The summed E-state index contributed by atoms with van der Waals surface area (Å²) >= 11 is 0. The van der Waals surface area contributed by atoms with Crippen molar-refractivity contribution in [3.63, 3.8) is 0 Å². The Morgan fingerprint density at radius 1 is 1.24 bits per heavy atom. The van der Waals surface area contributed by atoms with Crippen molar-refractivity contribution < 1.29 is 14.6 Å². The van der Waals surface area contributed by atoms with Crippen molar-refractivity contribution in [1.82, 2.24) is 5.32 Å². The molecule has 0 aliphatic carbocycles. The highest BCUT2D eigenvalue weighted by atomic mass is 19.1. The standard InChI is InChI=1S/C13H20FNO2/c1-10(6-7-16)8-15-9-13(17)11-2-4-12(14)5-3-11/h2-5,10,13,15-17H,6-9H2,1H3. The lowest BCUT2D eigenvalue weighted by molar-refractivity contribution is 0.171. The van der Waals surface area contributed by atoms with Crippen LogP contribution in [0.5, 0.6) is 0 Å². The van der Waals surface area contributed by atoms with Crippen molar-refractivity contribution in [3.05, 3.63) is 35.6 Å². The number of benzene rings is 1. The first-order valence-corrected chi connectivity index (χ1v) is 5.88. The molecule has 0 heterocycles. The lowest BCUT2D eigenvalue weighted by Crippen LogP contribution is -2.26. The van der Waals surface area contributed by atoms with E-state index in [0.29, 0.717) is 18.0 Å². The predicted molar refractivity (Wildman–Crippen MR) is 65.1 cm³/mol. The molecule has 0 fully saturated rings. The minimum absolute atomic E-state index is 0.184. The fraction of sp³-hybridized carbons (Fsp3) is 0.538. The molecule has 3 N–H and O–H groups in total. The van der Waals surface area contributed by atoms with Crippen LogP contribution in [0.15, 0.2) is 24.3 Å². The highest BCUT2D eigenvalue weighted by Crippen LogP contribution is 2.12. The number of halogens is 1. The Kier molecular flexibility index (Phi) is 6.11. The van der Waals surface area contributed by atoms with Crippen LogP contribution >= 0.6 is 0 Å². The molecule has 2 unspecified atom stereocenters. The Labute approximate surface area is 101 Å². The van der Waals surface area contributed by atoms with Crippen LogP contribution < -0.4 is 5.32 Å². The molecule has 4 heteroatoms. The van der Waals surface area contributed by atoms with Crippen LogP contribution in [0.1, 0.15) is 25.0 Å². The number of aliphatic hydroxyl groups excluding tert-OH is 2. The Morgan fingerprint density at radius 3 is 2.47 bits per heavy atom. The van der Waals surface area contributed by atoms with E-state index in [1.54, 1.807) is 12.1 Å². The van der Waals surface area contributed by atoms with Gasteiger partial charge < -0.3 is 15.5 Å². The molecule has 0 aromatic heterocycles. The molecule has 1 aromatic rings. The van der Waals surface area contributed by atoms with Crippen molar-refractivity contribution in [2.45, 2.75) is 19.4 Å². The van der Waals surface area contributed by atoms with Gasteiger partial charge in [-0.15, -0.1) is 0 Å². The van der Waals surface area contributed by atoms with Crippen LogP contribution in [-0.2, 0) is 0 Å². The summed E-state index contributed by atoms with van der Waals surface area (Å²) in [6.45, 7) is 3.40. The second-order valence-electron chi connectivity index (χ2n) is 4.34. The van der Waals surface area contributed by atoms with E-state index in [1.165, 1.54) is 12.1 Å². The van der Waals surface area contributed by atoms with E-state index in [-0.39, 0.29) is 12.4 Å². The first-order valence-electron chi connectivity index (χ1n) is 5.88. The zero-order valence-electron chi connectivity index (χ0n) is 10.1. The quantitative estimate of drug-likeness (QED) is 0.677. The Bertz CT molecular complexity index is 316. The number of aliphatic hydroxyl groups is 2. The third kappa shape index (κ3) is 5.26. The van der Waals surface area contributed by atoms with Crippen molar-refractivity contribution in [2.24, 2.45) is 5.92 Å². The largest absolute Gasteiger partial charge is 0.396 e. The number of hydrogen-bond donors (Lipinski definition) is 3. The average Bonchev–Trinajstić information content (AvgIpc) is 2.30. The minimum atomic E-state index is -0.628. The van der Waals surface area contributed by atoms with Gasteiger partial charge in [0.2, 0.25) is 0 Å². The lowest BCUT2D eigenvalue weighted by atomic mass is 10.1. The highest BCUT2D eigenvalue weighted by molar-refractivity contribution is 5.18. The second kappa shape index (κ2) is 7.37. The number of rotatable bonds is 7. The fourth-order valence-electron chi connectivity index (χ4n) is 1.59. The van der Waals surface area contributed by atoms with Gasteiger partial charge in [-0.25, -0.2) is 4.39 Å². The smallest absolute Gasteiger partial charge is 0.123 e. The van der Waals surface area contributed by atoms with Gasteiger partial charge in [0.05, 0.1) is 6.10 Å². The maximum atomic E-state index is 12.7. The predicted octanol–water partition coefficient (Wildman–Crippen LogP) is 1.47. The molecule has 0 amide bonds. The topological polar surface area (TPSA) is 52.5 Å². The summed E-state index contributed by atoms with van der Waals surface area (Å²) in [5, 5.41) is 21.7. The Balaban J connectivity index is 2.29. The van der Waals surface area contributed by atoms with Crippen LogP contribution in [0.4, 0.5) is 4.39 Å². The maximum absolute atomic E-state index is 12.7. The molecular formula is C13H20FNO2. The summed E-state index contributed by atoms with van der Waals surface area (Å²) in [6.07, 6.45) is 0.122. The van der Waals surface area contributed by atoms with Gasteiger partial charge in [-0.05, 0) is 36.6 Å². The SMILES string of the molecule is CC(CCO)CNCC(O)c1ccc(F)cc1. The van der Waals surface area contributed by atoms with Gasteiger partial charge in [-0.2, -0.15) is 0 Å². The highest BCUT2D eigenvalue weighted by Gasteiger charge is 2.08. The third-order valence-corrected chi connectivity index (χ3v) is 2.71. The molecule has 96 valence electrons. The lowest BCUT2D eigenvalue weighted by Gasteiger charge is -2.15. The second-order valence-corrected chi connectivity index (χ2v) is 4.34. The van der Waals surface area contributed by atoms with Crippen molar-refractivity contribution in [1.29, 1.82) is 0 Å². The monoisotopic (exact) mass is 241 g/mol. The summed E-state index contributed by atoms with van der Waals surface area (Å²) in [5.41, 5.74) is 0.703. The number of hydrogen-bond acceptors (Lipinski definition) is 3. The van der Waals surface area contributed by atoms with E-state index in [4.69, 9.17) is 5.11 Å². The van der Waals surface area contributed by atoms with Gasteiger partial charge in [0, 0.05) is 13.2 Å². The summed E-state index contributed by atoms with van der Waals surface area (Å²) in [5.74, 6) is 0.0749. The molecule has 0 saturated carbocycles. The van der Waals surface area contributed by atoms with Crippen molar-refractivity contribution in [2.75, 3.05) is 19.7 Å². The van der Waals surface area contributed by atoms with Gasteiger partial charge in [-0.3, -0.25) is 0 Å². The fourth-order valence-corrected chi connectivity index (χ4v) is 1.59. The molecule has 0 saturated heterocycles. The summed E-state index contributed by atoms with van der Waals surface area (Å²) in [6, 6.07) is 5.84. The van der Waals surface area contributed by atoms with E-state index in [2.05, 4.69) is 5.32 Å².